The lowest BCUT2D eigenvalue weighted by molar-refractivity contribution is -0.135. The minimum absolute atomic E-state index is 0.0284. The molecule has 14 N–H and O–H groups in total. The maximum atomic E-state index is 14.0. The van der Waals surface area contributed by atoms with Gasteiger partial charge in [0.05, 0.1) is 19.6 Å². The number of nitrogens with two attached hydrogens (primary N) is 4. The molecule has 0 radical (unpaired) electrons. The average Bonchev–Trinajstić information content (AvgIpc) is 3.21. The molecule has 0 aliphatic heterocycles. The zero-order chi connectivity index (χ0) is 43.2. The van der Waals surface area contributed by atoms with E-state index in [0.29, 0.717) is 5.56 Å². The van der Waals surface area contributed by atoms with Gasteiger partial charge in [-0.25, -0.2) is 5.01 Å². The van der Waals surface area contributed by atoms with Crippen molar-refractivity contribution < 1.29 is 33.6 Å². The van der Waals surface area contributed by atoms with Crippen molar-refractivity contribution in [1.82, 2.24) is 37.0 Å². The molecule has 0 aromatic heterocycles. The van der Waals surface area contributed by atoms with E-state index in [1.54, 1.807) is 84.9 Å². The number of carbonyl (C=O) groups is 7. The van der Waals surface area contributed by atoms with Gasteiger partial charge in [0.1, 0.15) is 24.2 Å². The lowest BCUT2D eigenvalue weighted by Crippen LogP contribution is -2.58. The number of hydrogen-bond acceptors (Lipinski definition) is 10. The number of guanidine groups is 1. The van der Waals surface area contributed by atoms with Crippen molar-refractivity contribution in [1.29, 1.82) is 0 Å². The lowest BCUT2D eigenvalue weighted by atomic mass is 10.0. The summed E-state index contributed by atoms with van der Waals surface area (Å²) in [7, 11) is 1.42. The average molecular weight is 815 g/mol. The van der Waals surface area contributed by atoms with Gasteiger partial charge in [0, 0.05) is 32.9 Å². The molecule has 59 heavy (non-hydrogen) atoms. The first-order valence-corrected chi connectivity index (χ1v) is 18.9. The van der Waals surface area contributed by atoms with E-state index in [1.807, 2.05) is 6.07 Å². The third-order valence-electron chi connectivity index (χ3n) is 8.70. The second kappa shape index (κ2) is 24.7. The summed E-state index contributed by atoms with van der Waals surface area (Å²) in [5, 5.41) is 14.2. The number of primary amides is 1. The molecule has 3 aromatic carbocycles. The Labute approximate surface area is 342 Å². The standard InChI is InChI=1S/C40H54N12O7/c1-52(51-39(59)32(22-28-16-9-4-10-17-28)47-34(54)24-46-33(53)23-41)25-35(55)48-31(21-27-14-7-3-8-15-27)38(58)49-29(18-11-19-45-40(43)44)37(57)50-30(36(42)56)20-26-12-5-2-6-13-26/h2-10,12-17,29-32H,11,18-25,41H2,1H3,(H2,42,56)(H,46,53)(H,47,54)(H,48,55)(H,49,58)(H,50,57)(H,51,59)(H4,43,44,45)/t29-,30-,31-,32-/m0/s1. The number of nitrogens with zero attached hydrogens (tertiary/aromatic N) is 2. The summed E-state index contributed by atoms with van der Waals surface area (Å²) >= 11 is 0. The molecule has 19 nitrogen and oxygen atoms in total. The number of carbonyl (C=O) groups excluding carboxylic acids is 7. The number of rotatable bonds is 24. The van der Waals surface area contributed by atoms with Gasteiger partial charge in [-0.05, 0) is 29.5 Å². The van der Waals surface area contributed by atoms with Crippen LogP contribution < -0.4 is 54.9 Å². The minimum atomic E-state index is -1.20. The smallest absolute Gasteiger partial charge is 0.257 e. The fourth-order valence-electron chi connectivity index (χ4n) is 5.77. The molecule has 0 aliphatic carbocycles. The molecule has 0 unspecified atom stereocenters. The molecular formula is C40H54N12O7. The number of likely N-dealkylation sites (N-methyl/N-ethyl adjacent to an activating group) is 1. The molecule has 0 bridgehead atoms. The van der Waals surface area contributed by atoms with Crippen LogP contribution in [0.4, 0.5) is 0 Å². The lowest BCUT2D eigenvalue weighted by Gasteiger charge is -2.26. The number of amides is 7. The van der Waals surface area contributed by atoms with Gasteiger partial charge in [-0.3, -0.25) is 44.0 Å². The zero-order valence-electron chi connectivity index (χ0n) is 32.9. The topological polar surface area (TPSA) is 311 Å². The highest BCUT2D eigenvalue weighted by atomic mass is 16.2. The van der Waals surface area contributed by atoms with Crippen molar-refractivity contribution >= 4 is 47.3 Å². The highest BCUT2D eigenvalue weighted by molar-refractivity contribution is 5.95. The van der Waals surface area contributed by atoms with Crippen LogP contribution in [-0.4, -0.2) is 110 Å². The molecule has 4 atom stereocenters. The van der Waals surface area contributed by atoms with E-state index >= 15 is 0 Å². The van der Waals surface area contributed by atoms with E-state index in [0.717, 1.165) is 11.1 Å². The van der Waals surface area contributed by atoms with Crippen molar-refractivity contribution in [2.24, 2.45) is 27.9 Å². The number of hydrazine groups is 1. The molecule has 3 rings (SSSR count). The second-order valence-electron chi connectivity index (χ2n) is 13.6. The summed E-state index contributed by atoms with van der Waals surface area (Å²) in [4.78, 5) is 95.1. The van der Waals surface area contributed by atoms with Crippen LogP contribution in [-0.2, 0) is 52.8 Å². The van der Waals surface area contributed by atoms with Gasteiger partial charge < -0.3 is 49.5 Å². The van der Waals surface area contributed by atoms with Crippen molar-refractivity contribution in [2.45, 2.75) is 56.3 Å². The van der Waals surface area contributed by atoms with Crippen LogP contribution in [0.2, 0.25) is 0 Å². The molecule has 3 aromatic rings. The van der Waals surface area contributed by atoms with E-state index in [2.05, 4.69) is 37.0 Å². The third kappa shape index (κ3) is 17.9. The molecule has 19 heteroatoms. The predicted molar refractivity (Wildman–Crippen MR) is 220 cm³/mol. The van der Waals surface area contributed by atoms with Gasteiger partial charge in [0.15, 0.2) is 5.96 Å². The van der Waals surface area contributed by atoms with Crippen LogP contribution in [0.5, 0.6) is 0 Å². The molecule has 0 saturated carbocycles. The van der Waals surface area contributed by atoms with Gasteiger partial charge in [-0.15, -0.1) is 0 Å². The molecule has 0 saturated heterocycles. The summed E-state index contributed by atoms with van der Waals surface area (Å²) in [6.45, 7) is -1.000. The van der Waals surface area contributed by atoms with Crippen LogP contribution in [0.15, 0.2) is 96.0 Å². The number of nitrogens with one attached hydrogen (secondary N) is 6. The highest BCUT2D eigenvalue weighted by Gasteiger charge is 2.30. The number of benzene rings is 3. The quantitative estimate of drug-likeness (QED) is 0.0191. The fourth-order valence-corrected chi connectivity index (χ4v) is 5.77. The van der Waals surface area contributed by atoms with E-state index in [9.17, 15) is 33.6 Å². The molecule has 0 heterocycles. The van der Waals surface area contributed by atoms with Crippen LogP contribution in [0.1, 0.15) is 29.5 Å². The maximum absolute atomic E-state index is 14.0. The van der Waals surface area contributed by atoms with Crippen molar-refractivity contribution in [3.8, 4) is 0 Å². The molecule has 0 spiro atoms. The molecular weight excluding hydrogens is 761 g/mol. The Morgan fingerprint density at radius 3 is 1.54 bits per heavy atom. The Hall–Kier alpha value is -6.86. The van der Waals surface area contributed by atoms with Crippen molar-refractivity contribution in [2.75, 3.05) is 33.2 Å². The molecule has 0 fully saturated rings. The van der Waals surface area contributed by atoms with Crippen LogP contribution in [0, 0.1) is 0 Å². The summed E-state index contributed by atoms with van der Waals surface area (Å²) < 4.78 is 0. The first-order chi connectivity index (χ1) is 28.2. The SMILES string of the molecule is CN(CC(=O)N[C@@H](Cc1ccccc1)C(=O)N[C@@H](CCCN=C(N)N)C(=O)N[C@@H](Cc1ccccc1)C(N)=O)NC(=O)[C@H](Cc1ccccc1)NC(=O)CNC(=O)CN. The monoisotopic (exact) mass is 814 g/mol. The first-order valence-electron chi connectivity index (χ1n) is 18.9. The number of aliphatic imine (C=N–C) groups is 1. The highest BCUT2D eigenvalue weighted by Crippen LogP contribution is 2.09. The van der Waals surface area contributed by atoms with E-state index in [4.69, 9.17) is 22.9 Å². The van der Waals surface area contributed by atoms with Crippen LogP contribution in [0.3, 0.4) is 0 Å². The zero-order valence-corrected chi connectivity index (χ0v) is 32.9. The second-order valence-corrected chi connectivity index (χ2v) is 13.6. The predicted octanol–water partition coefficient (Wildman–Crippen LogP) is -2.77. The van der Waals surface area contributed by atoms with E-state index in [1.165, 1.54) is 12.1 Å². The maximum Gasteiger partial charge on any atom is 0.257 e. The van der Waals surface area contributed by atoms with Crippen molar-refractivity contribution in [3.05, 3.63) is 108 Å². The Bertz CT molecular complexity index is 1880. The Morgan fingerprint density at radius 1 is 0.593 bits per heavy atom. The van der Waals surface area contributed by atoms with Crippen molar-refractivity contribution in [3.63, 3.8) is 0 Å². The van der Waals surface area contributed by atoms with Gasteiger partial charge in [-0.2, -0.15) is 0 Å². The van der Waals surface area contributed by atoms with Gasteiger partial charge in [0.2, 0.25) is 35.4 Å². The van der Waals surface area contributed by atoms with E-state index < -0.39 is 78.6 Å². The van der Waals surface area contributed by atoms with Crippen LogP contribution in [0.25, 0.3) is 0 Å². The fraction of sp³-hybridized carbons (Fsp3) is 0.350. The van der Waals surface area contributed by atoms with E-state index in [-0.39, 0.29) is 51.2 Å². The largest absolute Gasteiger partial charge is 0.370 e. The Balaban J connectivity index is 1.75. The molecule has 7 amide bonds. The summed E-state index contributed by atoms with van der Waals surface area (Å²) in [5.41, 5.74) is 26.6. The van der Waals surface area contributed by atoms with Gasteiger partial charge in [0.25, 0.3) is 5.91 Å². The first kappa shape index (κ1) is 46.5. The van der Waals surface area contributed by atoms with Gasteiger partial charge in [-0.1, -0.05) is 91.0 Å². The normalized spacial score (nSPS) is 12.7. The van der Waals surface area contributed by atoms with Crippen LogP contribution >= 0.6 is 0 Å². The summed E-state index contributed by atoms with van der Waals surface area (Å²) in [6.07, 6.45) is 0.562. The Morgan fingerprint density at radius 2 is 1.05 bits per heavy atom. The minimum Gasteiger partial charge on any atom is -0.370 e. The number of hydrogen-bond donors (Lipinski definition) is 10. The summed E-state index contributed by atoms with van der Waals surface area (Å²) in [5.74, 6) is -4.82. The third-order valence-corrected chi connectivity index (χ3v) is 8.70. The molecule has 0 aliphatic rings. The molecule has 316 valence electrons. The summed E-state index contributed by atoms with van der Waals surface area (Å²) in [6, 6.07) is 22.1. The Kier molecular flexibility index (Phi) is 19.5. The van der Waals surface area contributed by atoms with Gasteiger partial charge >= 0.3 is 0 Å².